The molecule has 1 aliphatic heterocycles. The van der Waals surface area contributed by atoms with Crippen LogP contribution in [0.3, 0.4) is 0 Å². The second-order valence-electron chi connectivity index (χ2n) is 3.03. The third kappa shape index (κ3) is 0.961. The zero-order chi connectivity index (χ0) is 8.55. The summed E-state index contributed by atoms with van der Waals surface area (Å²) >= 11 is 0. The molecule has 0 radical (unpaired) electrons. The molecule has 1 aliphatic carbocycles. The Kier molecular flexibility index (Phi) is 1.54. The van der Waals surface area contributed by atoms with E-state index in [1.165, 1.54) is 0 Å². The van der Waals surface area contributed by atoms with E-state index in [-0.39, 0.29) is 6.04 Å². The molecule has 0 saturated heterocycles. The van der Waals surface area contributed by atoms with Crippen LogP contribution >= 0.6 is 0 Å². The Morgan fingerprint density at radius 1 is 1.33 bits per heavy atom. The zero-order valence-corrected chi connectivity index (χ0v) is 6.94. The van der Waals surface area contributed by atoms with Crippen LogP contribution in [0.25, 0.3) is 0 Å². The third-order valence-corrected chi connectivity index (χ3v) is 2.17. The molecule has 0 saturated carbocycles. The maximum Gasteiger partial charge on any atom is 0.119 e. The Labute approximate surface area is 71.8 Å². The molecule has 0 spiro atoms. The second-order valence-corrected chi connectivity index (χ2v) is 3.03. The maximum atomic E-state index is 9.57. The fourth-order valence-electron chi connectivity index (χ4n) is 1.58. The first-order valence-electron chi connectivity index (χ1n) is 3.96. The zero-order valence-electron chi connectivity index (χ0n) is 6.94. The van der Waals surface area contributed by atoms with Gasteiger partial charge in [0.15, 0.2) is 0 Å². The van der Waals surface area contributed by atoms with Gasteiger partial charge in [-0.2, -0.15) is 0 Å². The molecule has 1 N–H and O–H groups in total. The van der Waals surface area contributed by atoms with Crippen LogP contribution in [0.1, 0.15) is 0 Å². The van der Waals surface area contributed by atoms with Crippen molar-refractivity contribution >= 4 is 0 Å². The molecule has 1 heterocycles. The molecule has 62 valence electrons. The fourth-order valence-corrected chi connectivity index (χ4v) is 1.58. The first kappa shape index (κ1) is 7.22. The average Bonchev–Trinajstić information content (AvgIpc) is 2.04. The van der Waals surface area contributed by atoms with Gasteiger partial charge in [0.25, 0.3) is 0 Å². The molecule has 0 bridgehead atoms. The Balaban J connectivity index is 2.40. The van der Waals surface area contributed by atoms with Crippen LogP contribution in [-0.2, 0) is 0 Å². The second kappa shape index (κ2) is 2.55. The molecule has 1 unspecified atom stereocenters. The Morgan fingerprint density at radius 2 is 2.17 bits per heavy atom. The predicted octanol–water partition coefficient (Wildman–Crippen LogP) is 1.75. The summed E-state index contributed by atoms with van der Waals surface area (Å²) in [5, 5.41) is 9.57. The highest BCUT2D eigenvalue weighted by atomic mass is 16.3. The summed E-state index contributed by atoms with van der Waals surface area (Å²) in [5.41, 5.74) is 1.14. The Morgan fingerprint density at radius 3 is 2.92 bits per heavy atom. The summed E-state index contributed by atoms with van der Waals surface area (Å²) in [5.74, 6) is 0.413. The standard InChI is InChI=1S/C10H11NO/c1-11-7-3-5-8-4-2-6-9(12)10(8)11/h2-7,10,12H,1H3. The molecule has 0 fully saturated rings. The minimum absolute atomic E-state index is 0.0278. The van der Waals surface area contributed by atoms with Crippen molar-refractivity contribution < 1.29 is 5.11 Å². The average molecular weight is 161 g/mol. The highest BCUT2D eigenvalue weighted by Gasteiger charge is 2.23. The highest BCUT2D eigenvalue weighted by molar-refractivity contribution is 5.42. The molecule has 2 heteroatoms. The van der Waals surface area contributed by atoms with Gasteiger partial charge in [0.05, 0.1) is 0 Å². The largest absolute Gasteiger partial charge is 0.510 e. The third-order valence-electron chi connectivity index (χ3n) is 2.17. The maximum absolute atomic E-state index is 9.57. The first-order valence-corrected chi connectivity index (χ1v) is 3.96. The van der Waals surface area contributed by atoms with E-state index >= 15 is 0 Å². The number of aliphatic hydroxyl groups is 1. The van der Waals surface area contributed by atoms with E-state index < -0.39 is 0 Å². The number of fused-ring (bicyclic) bond motifs is 1. The van der Waals surface area contributed by atoms with Crippen LogP contribution in [-0.4, -0.2) is 23.1 Å². The van der Waals surface area contributed by atoms with Gasteiger partial charge in [0, 0.05) is 7.05 Å². The van der Waals surface area contributed by atoms with E-state index in [9.17, 15) is 5.11 Å². The summed E-state index contributed by atoms with van der Waals surface area (Å²) < 4.78 is 0. The summed E-state index contributed by atoms with van der Waals surface area (Å²) in [4.78, 5) is 1.99. The van der Waals surface area contributed by atoms with Crippen LogP contribution in [0.4, 0.5) is 0 Å². The van der Waals surface area contributed by atoms with Crippen molar-refractivity contribution in [3.63, 3.8) is 0 Å². The Hall–Kier alpha value is -1.44. The van der Waals surface area contributed by atoms with Gasteiger partial charge in [-0.3, -0.25) is 0 Å². The minimum atomic E-state index is 0.0278. The van der Waals surface area contributed by atoms with Crippen LogP contribution in [0.5, 0.6) is 0 Å². The normalized spacial score (nSPS) is 26.4. The van der Waals surface area contributed by atoms with Gasteiger partial charge in [-0.1, -0.05) is 18.2 Å². The molecule has 1 atom stereocenters. The summed E-state index contributed by atoms with van der Waals surface area (Å²) in [6, 6.07) is 0.0278. The molecule has 0 aromatic rings. The number of hydrogen-bond acceptors (Lipinski definition) is 2. The minimum Gasteiger partial charge on any atom is -0.510 e. The van der Waals surface area contributed by atoms with Crippen LogP contribution in [0.2, 0.25) is 0 Å². The number of nitrogens with zero attached hydrogens (tertiary/aromatic N) is 1. The summed E-state index contributed by atoms with van der Waals surface area (Å²) in [7, 11) is 1.96. The molecule has 12 heavy (non-hydrogen) atoms. The van der Waals surface area contributed by atoms with Crippen molar-refractivity contribution in [2.24, 2.45) is 0 Å². The van der Waals surface area contributed by atoms with Gasteiger partial charge in [-0.25, -0.2) is 0 Å². The lowest BCUT2D eigenvalue weighted by Crippen LogP contribution is -2.33. The molecule has 2 rings (SSSR count). The lowest BCUT2D eigenvalue weighted by atomic mass is 9.97. The van der Waals surface area contributed by atoms with Crippen molar-refractivity contribution in [3.05, 3.63) is 47.9 Å². The van der Waals surface area contributed by atoms with Gasteiger partial charge in [-0.15, -0.1) is 0 Å². The highest BCUT2D eigenvalue weighted by Crippen LogP contribution is 2.24. The van der Waals surface area contributed by atoms with Crippen molar-refractivity contribution in [2.75, 3.05) is 7.05 Å². The molecular formula is C10H11NO. The van der Waals surface area contributed by atoms with E-state index in [1.807, 2.05) is 42.5 Å². The van der Waals surface area contributed by atoms with Gasteiger partial charge in [0.1, 0.15) is 11.8 Å². The lowest BCUT2D eigenvalue weighted by Gasteiger charge is -2.31. The summed E-state index contributed by atoms with van der Waals surface area (Å²) in [6.07, 6.45) is 11.6. The fraction of sp³-hybridized carbons (Fsp3) is 0.200. The molecule has 2 nitrogen and oxygen atoms in total. The monoisotopic (exact) mass is 161 g/mol. The van der Waals surface area contributed by atoms with Gasteiger partial charge in [0.2, 0.25) is 0 Å². The number of likely N-dealkylation sites (N-methyl/N-ethyl adjacent to an activating group) is 1. The van der Waals surface area contributed by atoms with Crippen LogP contribution in [0.15, 0.2) is 47.9 Å². The van der Waals surface area contributed by atoms with Crippen LogP contribution < -0.4 is 0 Å². The predicted molar refractivity (Wildman–Crippen MR) is 48.6 cm³/mol. The quantitative estimate of drug-likeness (QED) is 0.585. The smallest absolute Gasteiger partial charge is 0.119 e. The van der Waals surface area contributed by atoms with Crippen molar-refractivity contribution in [1.82, 2.24) is 4.90 Å². The van der Waals surface area contributed by atoms with Gasteiger partial charge < -0.3 is 10.0 Å². The Bertz CT molecular complexity index is 310. The van der Waals surface area contributed by atoms with E-state index in [4.69, 9.17) is 0 Å². The molecule has 2 aliphatic rings. The van der Waals surface area contributed by atoms with Gasteiger partial charge in [-0.05, 0) is 23.9 Å². The van der Waals surface area contributed by atoms with E-state index in [2.05, 4.69) is 0 Å². The SMILES string of the molecule is CN1C=CC=C2C=CC=C(O)C21. The number of hydrogen-bond donors (Lipinski definition) is 1. The lowest BCUT2D eigenvalue weighted by molar-refractivity contribution is 0.286. The molecule has 0 aromatic carbocycles. The van der Waals surface area contributed by atoms with Crippen LogP contribution in [0, 0.1) is 0 Å². The number of aliphatic hydroxyl groups excluding tert-OH is 1. The molecular weight excluding hydrogens is 150 g/mol. The van der Waals surface area contributed by atoms with E-state index in [0.29, 0.717) is 5.76 Å². The topological polar surface area (TPSA) is 23.5 Å². The number of allylic oxidation sites excluding steroid dienone is 4. The van der Waals surface area contributed by atoms with Crippen molar-refractivity contribution in [2.45, 2.75) is 6.04 Å². The summed E-state index contributed by atoms with van der Waals surface area (Å²) in [6.45, 7) is 0. The van der Waals surface area contributed by atoms with Crippen molar-refractivity contribution in [3.8, 4) is 0 Å². The van der Waals surface area contributed by atoms with E-state index in [1.54, 1.807) is 6.08 Å². The van der Waals surface area contributed by atoms with E-state index in [0.717, 1.165) is 5.57 Å². The van der Waals surface area contributed by atoms with Gasteiger partial charge >= 0.3 is 0 Å². The van der Waals surface area contributed by atoms with Crippen molar-refractivity contribution in [1.29, 1.82) is 0 Å². The number of rotatable bonds is 0. The molecule has 0 amide bonds. The first-order chi connectivity index (χ1) is 5.79. The molecule has 0 aromatic heterocycles.